The number of nitrogens with zero attached hydrogens (tertiary/aromatic N) is 2. The minimum atomic E-state index is 0.124. The molecule has 1 aliphatic carbocycles. The van der Waals surface area contributed by atoms with Crippen LogP contribution < -0.4 is 10.6 Å². The molecule has 1 aromatic carbocycles. The van der Waals surface area contributed by atoms with Crippen molar-refractivity contribution >= 4 is 34.7 Å². The molecule has 0 aliphatic heterocycles. The molecule has 0 unspecified atom stereocenters. The fourth-order valence-electron chi connectivity index (χ4n) is 3.20. The largest absolute Gasteiger partial charge is 0.362 e. The summed E-state index contributed by atoms with van der Waals surface area (Å²) in [5, 5.41) is 7.76. The summed E-state index contributed by atoms with van der Waals surface area (Å²) in [5.41, 5.74) is 1.45. The van der Waals surface area contributed by atoms with Gasteiger partial charge in [0.05, 0.1) is 6.20 Å². The average Bonchev–Trinajstić information content (AvgIpc) is 3.05. The first kappa shape index (κ1) is 16.1. The van der Waals surface area contributed by atoms with Crippen LogP contribution in [0, 0.1) is 0 Å². The number of anilines is 1. The van der Waals surface area contributed by atoms with E-state index in [-0.39, 0.29) is 5.41 Å². The number of rotatable bonds is 4. The Morgan fingerprint density at radius 2 is 1.91 bits per heavy atom. The first-order chi connectivity index (χ1) is 11.2. The van der Waals surface area contributed by atoms with E-state index in [1.54, 1.807) is 18.6 Å². The highest BCUT2D eigenvalue weighted by molar-refractivity contribution is 7.80. The van der Waals surface area contributed by atoms with Gasteiger partial charge >= 0.3 is 0 Å². The van der Waals surface area contributed by atoms with Crippen molar-refractivity contribution in [2.24, 2.45) is 0 Å². The fourth-order valence-corrected chi connectivity index (χ4v) is 3.50. The number of hydrogen-bond donors (Lipinski definition) is 2. The first-order valence-corrected chi connectivity index (χ1v) is 8.54. The average molecular weight is 347 g/mol. The van der Waals surface area contributed by atoms with Crippen molar-refractivity contribution in [1.82, 2.24) is 15.3 Å². The van der Waals surface area contributed by atoms with Gasteiger partial charge in [-0.1, -0.05) is 36.6 Å². The van der Waals surface area contributed by atoms with Crippen molar-refractivity contribution in [3.63, 3.8) is 0 Å². The third-order valence-electron chi connectivity index (χ3n) is 4.41. The molecule has 6 heteroatoms. The van der Waals surface area contributed by atoms with E-state index in [2.05, 4.69) is 32.7 Å². The van der Waals surface area contributed by atoms with Crippen LogP contribution in [0.15, 0.2) is 42.9 Å². The van der Waals surface area contributed by atoms with E-state index in [1.165, 1.54) is 18.4 Å². The summed E-state index contributed by atoms with van der Waals surface area (Å²) in [4.78, 5) is 8.19. The zero-order chi connectivity index (χ0) is 16.1. The summed E-state index contributed by atoms with van der Waals surface area (Å²) in [7, 11) is 0. The Bertz CT molecular complexity index is 654. The lowest BCUT2D eigenvalue weighted by Crippen LogP contribution is -2.40. The topological polar surface area (TPSA) is 49.8 Å². The highest BCUT2D eigenvalue weighted by Crippen LogP contribution is 2.40. The molecule has 4 nitrogen and oxygen atoms in total. The minimum absolute atomic E-state index is 0.124. The maximum atomic E-state index is 6.02. The van der Waals surface area contributed by atoms with Crippen LogP contribution in [-0.2, 0) is 5.41 Å². The van der Waals surface area contributed by atoms with Crippen LogP contribution in [0.3, 0.4) is 0 Å². The molecule has 3 rings (SSSR count). The van der Waals surface area contributed by atoms with Gasteiger partial charge in [-0.3, -0.25) is 4.98 Å². The highest BCUT2D eigenvalue weighted by atomic mass is 35.5. The van der Waals surface area contributed by atoms with E-state index in [0.29, 0.717) is 10.9 Å². The Morgan fingerprint density at radius 1 is 1.17 bits per heavy atom. The fraction of sp³-hybridized carbons (Fsp3) is 0.353. The molecule has 0 spiro atoms. The molecule has 2 aromatic rings. The monoisotopic (exact) mass is 346 g/mol. The molecule has 1 saturated carbocycles. The molecule has 0 saturated heterocycles. The third-order valence-corrected chi connectivity index (χ3v) is 4.91. The second kappa shape index (κ2) is 7.23. The van der Waals surface area contributed by atoms with Crippen molar-refractivity contribution < 1.29 is 0 Å². The van der Waals surface area contributed by atoms with Gasteiger partial charge in [-0.2, -0.15) is 0 Å². The molecule has 1 aromatic heterocycles. The molecule has 1 fully saturated rings. The molecule has 1 aliphatic rings. The van der Waals surface area contributed by atoms with Crippen LogP contribution in [0.5, 0.6) is 0 Å². The molecule has 120 valence electrons. The van der Waals surface area contributed by atoms with Gasteiger partial charge in [-0.05, 0) is 42.8 Å². The normalized spacial score (nSPS) is 16.0. The maximum absolute atomic E-state index is 6.02. The van der Waals surface area contributed by atoms with Gasteiger partial charge in [0.2, 0.25) is 0 Å². The van der Waals surface area contributed by atoms with Gasteiger partial charge in [-0.25, -0.2) is 4.98 Å². The Labute approximate surface area is 146 Å². The van der Waals surface area contributed by atoms with Gasteiger partial charge < -0.3 is 10.6 Å². The van der Waals surface area contributed by atoms with Gasteiger partial charge in [0.1, 0.15) is 0 Å². The Balaban J connectivity index is 1.66. The van der Waals surface area contributed by atoms with E-state index < -0.39 is 0 Å². The van der Waals surface area contributed by atoms with E-state index in [1.807, 2.05) is 12.1 Å². The molecular weight excluding hydrogens is 328 g/mol. The summed E-state index contributed by atoms with van der Waals surface area (Å²) in [5.74, 6) is 0.650. The van der Waals surface area contributed by atoms with E-state index in [9.17, 15) is 0 Å². The molecule has 0 radical (unpaired) electrons. The molecular formula is C17H19ClN4S. The van der Waals surface area contributed by atoms with Crippen LogP contribution in [-0.4, -0.2) is 21.6 Å². The molecule has 0 amide bonds. The zero-order valence-electron chi connectivity index (χ0n) is 12.8. The lowest BCUT2D eigenvalue weighted by molar-refractivity contribution is 0.435. The Kier molecular flexibility index (Phi) is 5.08. The molecule has 23 heavy (non-hydrogen) atoms. The number of thiocarbonyl (C=S) groups is 1. The standard InChI is InChI=1S/C17H19ClN4S/c18-14-5-3-13(4-6-14)17(7-1-2-8-17)12-21-16(23)22-15-11-19-9-10-20-15/h3-6,9-11H,1-2,7-8,12H2,(H2,20,21,22,23). The van der Waals surface area contributed by atoms with Gasteiger partial charge in [0.25, 0.3) is 0 Å². The van der Waals surface area contributed by atoms with E-state index >= 15 is 0 Å². The molecule has 0 atom stereocenters. The van der Waals surface area contributed by atoms with Gasteiger partial charge in [-0.15, -0.1) is 0 Å². The Morgan fingerprint density at radius 3 is 2.57 bits per heavy atom. The summed E-state index contributed by atoms with van der Waals surface area (Å²) >= 11 is 11.4. The number of benzene rings is 1. The van der Waals surface area contributed by atoms with Crippen molar-refractivity contribution in [3.05, 3.63) is 53.4 Å². The third kappa shape index (κ3) is 3.98. The van der Waals surface area contributed by atoms with Crippen LogP contribution in [0.1, 0.15) is 31.2 Å². The molecule has 2 N–H and O–H groups in total. The van der Waals surface area contributed by atoms with Crippen LogP contribution in [0.25, 0.3) is 0 Å². The smallest absolute Gasteiger partial charge is 0.172 e. The zero-order valence-corrected chi connectivity index (χ0v) is 14.3. The SMILES string of the molecule is S=C(NCC1(c2ccc(Cl)cc2)CCCC1)Nc1cnccn1. The van der Waals surface area contributed by atoms with Crippen LogP contribution in [0.2, 0.25) is 5.02 Å². The quantitative estimate of drug-likeness (QED) is 0.821. The van der Waals surface area contributed by atoms with Crippen molar-refractivity contribution in [1.29, 1.82) is 0 Å². The second-order valence-corrected chi connectivity index (χ2v) is 6.74. The molecule has 0 bridgehead atoms. The number of hydrogen-bond acceptors (Lipinski definition) is 3. The minimum Gasteiger partial charge on any atom is -0.362 e. The van der Waals surface area contributed by atoms with Crippen LogP contribution >= 0.6 is 23.8 Å². The number of halogens is 1. The summed E-state index contributed by atoms with van der Waals surface area (Å²) in [6.45, 7) is 0.806. The second-order valence-electron chi connectivity index (χ2n) is 5.89. The maximum Gasteiger partial charge on any atom is 0.172 e. The summed E-state index contributed by atoms with van der Waals surface area (Å²) < 4.78 is 0. The number of nitrogens with one attached hydrogen (secondary N) is 2. The van der Waals surface area contributed by atoms with Crippen molar-refractivity contribution in [3.8, 4) is 0 Å². The first-order valence-electron chi connectivity index (χ1n) is 7.75. The predicted molar refractivity (Wildman–Crippen MR) is 97.9 cm³/mol. The number of aromatic nitrogens is 2. The highest BCUT2D eigenvalue weighted by Gasteiger charge is 2.35. The summed E-state index contributed by atoms with van der Waals surface area (Å²) in [6.07, 6.45) is 9.74. The lowest BCUT2D eigenvalue weighted by Gasteiger charge is -2.30. The van der Waals surface area contributed by atoms with E-state index in [0.717, 1.165) is 24.4 Å². The van der Waals surface area contributed by atoms with Crippen molar-refractivity contribution in [2.45, 2.75) is 31.1 Å². The Hall–Kier alpha value is -1.72. The summed E-state index contributed by atoms with van der Waals surface area (Å²) in [6, 6.07) is 8.20. The molecule has 1 heterocycles. The lowest BCUT2D eigenvalue weighted by atomic mass is 9.79. The predicted octanol–water partition coefficient (Wildman–Crippen LogP) is 3.93. The van der Waals surface area contributed by atoms with E-state index in [4.69, 9.17) is 23.8 Å². The van der Waals surface area contributed by atoms with Crippen LogP contribution in [0.4, 0.5) is 5.82 Å². The van der Waals surface area contributed by atoms with Gasteiger partial charge in [0, 0.05) is 29.4 Å². The van der Waals surface area contributed by atoms with Crippen molar-refractivity contribution in [2.75, 3.05) is 11.9 Å². The van der Waals surface area contributed by atoms with Gasteiger partial charge in [0.15, 0.2) is 10.9 Å².